The van der Waals surface area contributed by atoms with Gasteiger partial charge in [0.1, 0.15) is 0 Å². The summed E-state index contributed by atoms with van der Waals surface area (Å²) in [4.78, 5) is 15.3. The van der Waals surface area contributed by atoms with Gasteiger partial charge in [0, 0.05) is 0 Å². The molecule has 0 radical (unpaired) electrons. The summed E-state index contributed by atoms with van der Waals surface area (Å²) in [5, 5.41) is 0. The van der Waals surface area contributed by atoms with Crippen LogP contribution in [-0.2, 0) is 23.9 Å². The first-order valence-electron chi connectivity index (χ1n) is 0.765. The zero-order chi connectivity index (χ0) is 4.50. The van der Waals surface area contributed by atoms with Crippen LogP contribution in [0.1, 0.15) is 0 Å². The van der Waals surface area contributed by atoms with Gasteiger partial charge in [0.25, 0.3) is 0 Å². The predicted octanol–water partition coefficient (Wildman–Crippen LogP) is -0.374. The summed E-state index contributed by atoms with van der Waals surface area (Å²) in [5.74, 6) is 0. The average Bonchev–Trinajstić information content (AvgIpc) is 0.722. The van der Waals surface area contributed by atoms with E-state index >= 15 is 0 Å². The molecule has 0 spiro atoms. The van der Waals surface area contributed by atoms with Crippen molar-refractivity contribution in [2.24, 2.45) is 0 Å². The molecule has 0 saturated heterocycles. The van der Waals surface area contributed by atoms with E-state index in [2.05, 4.69) is 0 Å². The Labute approximate surface area is 39.9 Å². The average molecular weight is 177 g/mol. The molecule has 5 heavy (non-hydrogen) atoms. The second-order valence-electron chi connectivity index (χ2n) is 0.491. The molecule has 0 aromatic rings. The zero-order valence-corrected chi connectivity index (χ0v) is 5.06. The van der Waals surface area contributed by atoms with Gasteiger partial charge >= 0.3 is 39.3 Å². The minimum atomic E-state index is -3.63. The van der Waals surface area contributed by atoms with E-state index in [4.69, 9.17) is 9.79 Å². The third kappa shape index (κ3) is 55.5. The summed E-state index contributed by atoms with van der Waals surface area (Å²) in [7, 11) is 0. The van der Waals surface area contributed by atoms with Gasteiger partial charge in [-0.1, -0.05) is 0 Å². The molecule has 0 saturated carbocycles. The molecule has 0 aromatic carbocycles. The van der Waals surface area contributed by atoms with Crippen molar-refractivity contribution in [3.63, 3.8) is 0 Å². The van der Waals surface area contributed by atoms with Gasteiger partial charge in [0.05, 0.1) is 0 Å². The SMILES string of the molecule is O=[P](O)(O)[Mo]. The van der Waals surface area contributed by atoms with E-state index in [1.165, 1.54) is 0 Å². The monoisotopic (exact) mass is 179 g/mol. The second-order valence-corrected chi connectivity index (χ2v) is 4.98. The Morgan fingerprint density at radius 2 is 1.60 bits per heavy atom. The fraction of sp³-hybridized carbons (Fsp3) is 0. The Bertz CT molecular complexity index is 53.0. The first kappa shape index (κ1) is 5.84. The summed E-state index contributed by atoms with van der Waals surface area (Å²) in [6.45, 7) is 0. The van der Waals surface area contributed by atoms with E-state index in [0.717, 1.165) is 19.3 Å². The first-order valence-corrected chi connectivity index (χ1v) is 4.99. The molecule has 3 nitrogen and oxygen atoms in total. The Balaban J connectivity index is 3.47. The topological polar surface area (TPSA) is 57.5 Å². The van der Waals surface area contributed by atoms with Crippen LogP contribution in [0, 0.1) is 0 Å². The van der Waals surface area contributed by atoms with Gasteiger partial charge in [0.2, 0.25) is 0 Å². The van der Waals surface area contributed by atoms with E-state index in [1.54, 1.807) is 0 Å². The molecule has 0 aliphatic rings. The van der Waals surface area contributed by atoms with E-state index in [0.29, 0.717) is 0 Å². The molecule has 5 heteroatoms. The normalized spacial score (nSPS) is 11.6. The predicted molar refractivity (Wildman–Crippen MR) is 12.0 cm³/mol. The molecule has 0 aliphatic carbocycles. The van der Waals surface area contributed by atoms with Crippen molar-refractivity contribution in [1.82, 2.24) is 0 Å². The Morgan fingerprint density at radius 3 is 1.60 bits per heavy atom. The fourth-order valence-electron chi connectivity index (χ4n) is 0. The van der Waals surface area contributed by atoms with Crippen LogP contribution in [0.2, 0.25) is 0 Å². The summed E-state index contributed by atoms with van der Waals surface area (Å²) >= 11 is 0.791. The molecule has 0 heterocycles. The van der Waals surface area contributed by atoms with Crippen LogP contribution >= 0.6 is 5.69 Å². The van der Waals surface area contributed by atoms with E-state index in [9.17, 15) is 4.57 Å². The molecular formula is H2MoO3P. The van der Waals surface area contributed by atoms with Crippen LogP contribution in [-0.4, -0.2) is 9.79 Å². The fourth-order valence-corrected chi connectivity index (χ4v) is 0. The van der Waals surface area contributed by atoms with Crippen LogP contribution in [0.25, 0.3) is 0 Å². The van der Waals surface area contributed by atoms with Crippen LogP contribution < -0.4 is 0 Å². The van der Waals surface area contributed by atoms with Crippen molar-refractivity contribution in [2.45, 2.75) is 0 Å². The standard InChI is InChI=1S/Mo.HO3P/c;1-4(2)3/h;(H-,1,2,3)/q-1;/p+1. The molecule has 0 unspecified atom stereocenters. The quantitative estimate of drug-likeness (QED) is 0.391. The molecule has 2 N–H and O–H groups in total. The minimum absolute atomic E-state index is 0.791. The molecule has 0 amide bonds. The van der Waals surface area contributed by atoms with Crippen molar-refractivity contribution in [3.05, 3.63) is 0 Å². The third-order valence-corrected chi connectivity index (χ3v) is 0. The van der Waals surface area contributed by atoms with Gasteiger partial charge in [-0.25, -0.2) is 0 Å². The number of hydrogen-bond donors (Lipinski definition) is 2. The molecule has 0 atom stereocenters. The van der Waals surface area contributed by atoms with E-state index in [-0.39, 0.29) is 0 Å². The van der Waals surface area contributed by atoms with Crippen molar-refractivity contribution < 1.29 is 33.7 Å². The van der Waals surface area contributed by atoms with Crippen molar-refractivity contribution in [1.29, 1.82) is 0 Å². The number of hydrogen-bond acceptors (Lipinski definition) is 1. The molecule has 31 valence electrons. The second kappa shape index (κ2) is 1.52. The van der Waals surface area contributed by atoms with Gasteiger partial charge in [-0.2, -0.15) is 0 Å². The first-order chi connectivity index (χ1) is 2.00. The van der Waals surface area contributed by atoms with Gasteiger partial charge in [-0.15, -0.1) is 0 Å². The van der Waals surface area contributed by atoms with E-state index in [1.807, 2.05) is 0 Å². The maximum absolute atomic E-state index is 9.33. The molecule has 0 aliphatic heterocycles. The van der Waals surface area contributed by atoms with E-state index < -0.39 is 5.69 Å². The summed E-state index contributed by atoms with van der Waals surface area (Å²) < 4.78 is 9.33. The third-order valence-electron chi connectivity index (χ3n) is 0. The zero-order valence-electron chi connectivity index (χ0n) is 2.16. The molecule has 0 aromatic heterocycles. The van der Waals surface area contributed by atoms with Crippen molar-refractivity contribution in [3.8, 4) is 0 Å². The Kier molecular flexibility index (Phi) is 1.78. The summed E-state index contributed by atoms with van der Waals surface area (Å²) in [6, 6.07) is 0. The molecule has 0 fully saturated rings. The van der Waals surface area contributed by atoms with Crippen LogP contribution in [0.4, 0.5) is 0 Å². The molecular weight excluding hydrogens is 175 g/mol. The van der Waals surface area contributed by atoms with Crippen molar-refractivity contribution in [2.75, 3.05) is 0 Å². The van der Waals surface area contributed by atoms with Crippen molar-refractivity contribution >= 4 is 5.69 Å². The van der Waals surface area contributed by atoms with Crippen LogP contribution in [0.15, 0.2) is 0 Å². The van der Waals surface area contributed by atoms with Gasteiger partial charge in [0.15, 0.2) is 0 Å². The molecule has 0 rings (SSSR count). The van der Waals surface area contributed by atoms with Crippen LogP contribution in [0.3, 0.4) is 0 Å². The summed E-state index contributed by atoms with van der Waals surface area (Å²) in [6.07, 6.45) is 0. The van der Waals surface area contributed by atoms with Gasteiger partial charge in [-0.05, 0) is 0 Å². The van der Waals surface area contributed by atoms with Crippen LogP contribution in [0.5, 0.6) is 0 Å². The summed E-state index contributed by atoms with van der Waals surface area (Å²) in [5.41, 5.74) is -3.63. The van der Waals surface area contributed by atoms with Gasteiger partial charge < -0.3 is 0 Å². The number of rotatable bonds is 0. The van der Waals surface area contributed by atoms with Gasteiger partial charge in [-0.3, -0.25) is 0 Å². The Hall–Kier alpha value is 0.838. The molecule has 0 bridgehead atoms. The Morgan fingerprint density at radius 1 is 1.60 bits per heavy atom. The maximum atomic E-state index is 9.33.